The van der Waals surface area contributed by atoms with Crippen LogP contribution in [-0.4, -0.2) is 89.7 Å². The third kappa shape index (κ3) is 5.17. The topological polar surface area (TPSA) is 99.8 Å². The Kier molecular flexibility index (Phi) is 7.44. The number of nitrogens with zero attached hydrogens (tertiary/aromatic N) is 7. The minimum absolute atomic E-state index is 0.0854. The van der Waals surface area contributed by atoms with Crippen LogP contribution in [0.25, 0.3) is 22.2 Å². The monoisotopic (exact) mass is 611 g/mol. The third-order valence-electron chi connectivity index (χ3n) is 9.03. The molecule has 0 saturated carbocycles. The number of aryl methyl sites for hydroxylation is 2. The minimum atomic E-state index is -0.382. The lowest BCUT2D eigenvalue weighted by Gasteiger charge is -2.40. The predicted octanol–water partition coefficient (Wildman–Crippen LogP) is 4.26. The molecule has 0 bridgehead atoms. The minimum Gasteiger partial charge on any atom is -0.389 e. The summed E-state index contributed by atoms with van der Waals surface area (Å²) in [5, 5.41) is 21.2. The number of nitriles is 1. The Hall–Kier alpha value is -4.11. The number of amides is 1. The Morgan fingerprint density at radius 2 is 1.89 bits per heavy atom. The number of carbonyl (C=O) groups is 1. The average molecular weight is 612 g/mol. The highest BCUT2D eigenvalue weighted by molar-refractivity contribution is 7.16. The van der Waals surface area contributed by atoms with Gasteiger partial charge in [0.25, 0.3) is 0 Å². The van der Waals surface area contributed by atoms with Crippen LogP contribution in [0.3, 0.4) is 0 Å². The Labute approximate surface area is 259 Å². The quantitative estimate of drug-likeness (QED) is 0.346. The molecule has 2 aromatic carbocycles. The van der Waals surface area contributed by atoms with Crippen molar-refractivity contribution in [1.29, 1.82) is 5.26 Å². The number of benzene rings is 2. The van der Waals surface area contributed by atoms with Crippen LogP contribution in [0, 0.1) is 24.1 Å². The highest BCUT2D eigenvalue weighted by Crippen LogP contribution is 2.43. The van der Waals surface area contributed by atoms with Crippen molar-refractivity contribution >= 4 is 44.7 Å². The van der Waals surface area contributed by atoms with E-state index in [2.05, 4.69) is 39.8 Å². The van der Waals surface area contributed by atoms with Crippen LogP contribution in [-0.2, 0) is 17.6 Å². The summed E-state index contributed by atoms with van der Waals surface area (Å²) < 4.78 is 13.6. The molecule has 11 heteroatoms. The summed E-state index contributed by atoms with van der Waals surface area (Å²) in [5.41, 5.74) is 7.93. The summed E-state index contributed by atoms with van der Waals surface area (Å²) in [6.07, 6.45) is 2.54. The Morgan fingerprint density at radius 1 is 1.14 bits per heavy atom. The lowest BCUT2D eigenvalue weighted by atomic mass is 10.0. The summed E-state index contributed by atoms with van der Waals surface area (Å²) in [5.74, 6) is -0.241. The van der Waals surface area contributed by atoms with Gasteiger partial charge in [-0.2, -0.15) is 5.26 Å². The molecule has 2 aromatic heterocycles. The van der Waals surface area contributed by atoms with E-state index in [0.29, 0.717) is 40.9 Å². The van der Waals surface area contributed by atoms with E-state index in [1.165, 1.54) is 29.0 Å². The zero-order chi connectivity index (χ0) is 30.5. The van der Waals surface area contributed by atoms with Gasteiger partial charge >= 0.3 is 0 Å². The zero-order valence-corrected chi connectivity index (χ0v) is 25.7. The number of carbonyl (C=O) groups excluding carboxylic acids is 1. The van der Waals surface area contributed by atoms with Crippen LogP contribution >= 0.6 is 11.3 Å². The van der Waals surface area contributed by atoms with E-state index in [-0.39, 0.29) is 17.8 Å². The van der Waals surface area contributed by atoms with Crippen molar-refractivity contribution in [3.05, 3.63) is 63.9 Å². The van der Waals surface area contributed by atoms with E-state index in [4.69, 9.17) is 9.97 Å². The van der Waals surface area contributed by atoms with Crippen LogP contribution in [0.5, 0.6) is 0 Å². The molecule has 1 amide bonds. The SMILES string of the molecule is Cc1cc(N2CCN(CC(=O)N3CC(O)C3)CC2)cc2c(N(C)c3nc(-c4ccc(F)cc4)c(C#N)s3)c3c(nc12)CCC3. The van der Waals surface area contributed by atoms with Crippen molar-refractivity contribution < 1.29 is 14.3 Å². The van der Waals surface area contributed by atoms with Crippen molar-refractivity contribution in [2.45, 2.75) is 32.3 Å². The van der Waals surface area contributed by atoms with E-state index in [9.17, 15) is 19.6 Å². The molecular weight excluding hydrogens is 577 g/mol. The fourth-order valence-electron chi connectivity index (χ4n) is 6.60. The number of anilines is 3. The molecule has 0 radical (unpaired) electrons. The van der Waals surface area contributed by atoms with Gasteiger partial charge in [-0.3, -0.25) is 14.7 Å². The molecule has 9 nitrogen and oxygen atoms in total. The molecule has 0 spiro atoms. The lowest BCUT2D eigenvalue weighted by Crippen LogP contribution is -2.57. The molecule has 0 unspecified atom stereocenters. The number of rotatable bonds is 6. The number of halogens is 1. The van der Waals surface area contributed by atoms with Gasteiger partial charge in [-0.25, -0.2) is 9.37 Å². The van der Waals surface area contributed by atoms with Crippen molar-refractivity contribution in [2.75, 3.05) is 62.7 Å². The molecule has 1 aliphatic carbocycles. The van der Waals surface area contributed by atoms with Gasteiger partial charge < -0.3 is 19.8 Å². The van der Waals surface area contributed by atoms with Crippen molar-refractivity contribution in [2.24, 2.45) is 0 Å². The summed E-state index contributed by atoms with van der Waals surface area (Å²) in [6.45, 7) is 6.58. The number of likely N-dealkylation sites (tertiary alicyclic amines) is 1. The second kappa shape index (κ2) is 11.4. The van der Waals surface area contributed by atoms with E-state index in [0.717, 1.165) is 79.0 Å². The van der Waals surface area contributed by atoms with Crippen molar-refractivity contribution in [1.82, 2.24) is 19.8 Å². The van der Waals surface area contributed by atoms with Gasteiger partial charge in [-0.05, 0) is 73.7 Å². The standard InChI is InChI=1S/C33H34FN7O2S/c1-20-14-23(40-12-10-39(11-13-40)19-29(43)41-17-24(42)18-41)15-26-30(20)36-27-5-3-4-25(27)32(26)38(2)33-37-31(28(16-35)44-33)21-6-8-22(34)9-7-21/h6-9,14-15,24,42H,3-5,10-13,17-19H2,1-2H3. The molecular formula is C33H34FN7O2S. The fraction of sp³-hybridized carbons (Fsp3) is 0.394. The second-order valence-electron chi connectivity index (χ2n) is 12.0. The number of aromatic nitrogens is 2. The van der Waals surface area contributed by atoms with Gasteiger partial charge in [0.2, 0.25) is 5.91 Å². The van der Waals surface area contributed by atoms with Crippen molar-refractivity contribution in [3.63, 3.8) is 0 Å². The number of piperazine rings is 1. The normalized spacial score (nSPS) is 17.1. The summed E-state index contributed by atoms with van der Waals surface area (Å²) in [6, 6.07) is 12.9. The van der Waals surface area contributed by atoms with Gasteiger partial charge in [-0.15, -0.1) is 0 Å². The molecule has 0 atom stereocenters. The van der Waals surface area contributed by atoms with E-state index in [1.54, 1.807) is 17.0 Å². The first-order valence-electron chi connectivity index (χ1n) is 15.1. The first kappa shape index (κ1) is 28.6. The number of hydrogen-bond donors (Lipinski definition) is 1. The largest absolute Gasteiger partial charge is 0.389 e. The van der Waals surface area contributed by atoms with Crippen LogP contribution in [0.1, 0.15) is 28.1 Å². The predicted molar refractivity (Wildman–Crippen MR) is 170 cm³/mol. The number of pyridine rings is 1. The summed E-state index contributed by atoms with van der Waals surface area (Å²) in [7, 11) is 2.01. The van der Waals surface area contributed by atoms with Crippen LogP contribution in [0.15, 0.2) is 36.4 Å². The molecule has 2 aliphatic heterocycles. The number of hydrogen-bond acceptors (Lipinski definition) is 9. The number of fused-ring (bicyclic) bond motifs is 2. The lowest BCUT2D eigenvalue weighted by molar-refractivity contribution is -0.142. The molecule has 4 aromatic rings. The van der Waals surface area contributed by atoms with E-state index < -0.39 is 0 Å². The Bertz CT molecular complexity index is 1790. The van der Waals surface area contributed by atoms with Gasteiger partial charge in [0.1, 0.15) is 22.5 Å². The maximum Gasteiger partial charge on any atom is 0.236 e. The molecule has 2 fully saturated rings. The summed E-state index contributed by atoms with van der Waals surface area (Å²) >= 11 is 1.34. The molecule has 1 N–H and O–H groups in total. The summed E-state index contributed by atoms with van der Waals surface area (Å²) in [4.78, 5) is 31.5. The molecule has 2 saturated heterocycles. The van der Waals surface area contributed by atoms with Crippen LogP contribution < -0.4 is 9.80 Å². The van der Waals surface area contributed by atoms with E-state index in [1.807, 2.05) is 7.05 Å². The second-order valence-corrected chi connectivity index (χ2v) is 12.9. The third-order valence-corrected chi connectivity index (χ3v) is 10.1. The smallest absolute Gasteiger partial charge is 0.236 e. The zero-order valence-electron chi connectivity index (χ0n) is 24.9. The molecule has 44 heavy (non-hydrogen) atoms. The Morgan fingerprint density at radius 3 is 2.59 bits per heavy atom. The van der Waals surface area contributed by atoms with Gasteiger partial charge in [-0.1, -0.05) is 11.3 Å². The maximum atomic E-state index is 13.6. The fourth-order valence-corrected chi connectivity index (χ4v) is 7.45. The number of thiazole rings is 1. The van der Waals surface area contributed by atoms with Crippen molar-refractivity contribution in [3.8, 4) is 17.3 Å². The van der Waals surface area contributed by atoms with Gasteiger partial charge in [0, 0.05) is 68.6 Å². The molecule has 3 aliphatic rings. The average Bonchev–Trinajstić information content (AvgIpc) is 3.66. The number of aliphatic hydroxyl groups is 1. The maximum absolute atomic E-state index is 13.6. The van der Waals surface area contributed by atoms with Crippen LogP contribution in [0.2, 0.25) is 0 Å². The first-order chi connectivity index (χ1) is 21.3. The van der Waals surface area contributed by atoms with Gasteiger partial charge in [0.05, 0.1) is 23.9 Å². The molecule has 7 rings (SSSR count). The van der Waals surface area contributed by atoms with E-state index >= 15 is 0 Å². The highest BCUT2D eigenvalue weighted by atomic mass is 32.1. The first-order valence-corrected chi connectivity index (χ1v) is 15.9. The Balaban J connectivity index is 1.20. The number of aliphatic hydroxyl groups excluding tert-OH is 1. The number of β-amino-alcohol motifs (C(OH)–C–C–N with tert-alkyl or cyclic N) is 1. The van der Waals surface area contributed by atoms with Crippen LogP contribution in [0.4, 0.5) is 20.9 Å². The van der Waals surface area contributed by atoms with Gasteiger partial charge in [0.15, 0.2) is 5.13 Å². The highest BCUT2D eigenvalue weighted by Gasteiger charge is 2.31. The molecule has 226 valence electrons. The molecule has 4 heterocycles.